The molecule has 2 atom stereocenters. The van der Waals surface area contributed by atoms with E-state index in [1.807, 2.05) is 0 Å². The molecule has 4 heteroatoms. The molecule has 1 amide bonds. The Kier molecular flexibility index (Phi) is 55.7. The van der Waals surface area contributed by atoms with Gasteiger partial charge < -0.3 is 15.5 Å². The van der Waals surface area contributed by atoms with Gasteiger partial charge in [0.05, 0.1) is 18.8 Å². The molecule has 0 aliphatic heterocycles. The van der Waals surface area contributed by atoms with Gasteiger partial charge >= 0.3 is 0 Å². The number of allylic oxidation sites excluding steroid dienone is 2. The van der Waals surface area contributed by atoms with Crippen molar-refractivity contribution < 1.29 is 15.0 Å². The lowest BCUT2D eigenvalue weighted by atomic mass is 10.0. The van der Waals surface area contributed by atoms with E-state index in [4.69, 9.17) is 0 Å². The molecule has 0 saturated heterocycles. The Hall–Kier alpha value is -0.870. The SMILES string of the molecule is CCCCCCCCCC/C=C\CCCCCCCCCCCC(=O)NC(CO)C(O)CCCCCCCCCCCCCCCCCCCCCCCCCCCCCCCCC. The first-order valence-electron chi connectivity index (χ1n) is 29.9. The summed E-state index contributed by atoms with van der Waals surface area (Å²) in [5.74, 6) is -0.0270. The van der Waals surface area contributed by atoms with Crippen LogP contribution in [0.2, 0.25) is 0 Å². The molecule has 64 heavy (non-hydrogen) atoms. The number of amides is 1. The molecule has 4 nitrogen and oxygen atoms in total. The van der Waals surface area contributed by atoms with Gasteiger partial charge in [0.25, 0.3) is 0 Å². The highest BCUT2D eigenvalue weighted by Crippen LogP contribution is 2.18. The Bertz CT molecular complexity index is 890. The van der Waals surface area contributed by atoms with E-state index in [0.717, 1.165) is 25.7 Å². The van der Waals surface area contributed by atoms with Crippen molar-refractivity contribution >= 4 is 5.91 Å². The van der Waals surface area contributed by atoms with Crippen LogP contribution in [-0.4, -0.2) is 34.9 Å². The summed E-state index contributed by atoms with van der Waals surface area (Å²) in [5.41, 5.74) is 0. The van der Waals surface area contributed by atoms with Gasteiger partial charge in [-0.3, -0.25) is 4.79 Å². The number of nitrogens with one attached hydrogen (secondary N) is 1. The largest absolute Gasteiger partial charge is 0.394 e. The van der Waals surface area contributed by atoms with Gasteiger partial charge in [0, 0.05) is 6.42 Å². The van der Waals surface area contributed by atoms with Crippen LogP contribution in [0.3, 0.4) is 0 Å². The van der Waals surface area contributed by atoms with Crippen molar-refractivity contribution in [3.05, 3.63) is 12.2 Å². The molecule has 0 saturated carbocycles. The molecule has 3 N–H and O–H groups in total. The molecule has 0 aliphatic carbocycles. The second-order valence-electron chi connectivity index (χ2n) is 20.8. The first-order chi connectivity index (χ1) is 31.7. The minimum absolute atomic E-state index is 0.0270. The Balaban J connectivity index is 3.40. The highest BCUT2D eigenvalue weighted by Gasteiger charge is 2.20. The van der Waals surface area contributed by atoms with Crippen molar-refractivity contribution in [2.45, 2.75) is 360 Å². The van der Waals surface area contributed by atoms with Crippen molar-refractivity contribution in [2.75, 3.05) is 6.61 Å². The predicted molar refractivity (Wildman–Crippen MR) is 286 cm³/mol. The van der Waals surface area contributed by atoms with Crippen LogP contribution in [0.15, 0.2) is 12.2 Å². The van der Waals surface area contributed by atoms with Gasteiger partial charge in [-0.2, -0.15) is 0 Å². The standard InChI is InChI=1S/C60H119NO3/c1-3-5-7-9-11-13-15-17-19-21-23-25-26-27-28-29-30-31-32-33-34-36-37-39-41-43-45-47-49-51-53-55-59(63)58(57-62)61-60(64)56-54-52-50-48-46-44-42-40-38-35-24-22-20-18-16-14-12-10-8-6-4-2/h22,24,58-59,62-63H,3-21,23,25-57H2,1-2H3,(H,61,64)/b24-22-. The fourth-order valence-corrected chi connectivity index (χ4v) is 9.71. The summed E-state index contributed by atoms with van der Waals surface area (Å²) in [4.78, 5) is 12.5. The van der Waals surface area contributed by atoms with Gasteiger partial charge in [0.2, 0.25) is 5.91 Å². The second-order valence-corrected chi connectivity index (χ2v) is 20.8. The monoisotopic (exact) mass is 902 g/mol. The molecule has 0 rings (SSSR count). The molecular weight excluding hydrogens is 783 g/mol. The van der Waals surface area contributed by atoms with E-state index in [0.29, 0.717) is 12.8 Å². The molecule has 0 aromatic carbocycles. The highest BCUT2D eigenvalue weighted by atomic mass is 16.3. The quantitative estimate of drug-likeness (QED) is 0.0421. The number of unbranched alkanes of at least 4 members (excludes halogenated alkanes) is 47. The zero-order valence-corrected chi connectivity index (χ0v) is 44.1. The van der Waals surface area contributed by atoms with Crippen molar-refractivity contribution in [1.29, 1.82) is 0 Å². The Morgan fingerprint density at radius 3 is 0.859 bits per heavy atom. The van der Waals surface area contributed by atoms with Crippen LogP contribution < -0.4 is 5.32 Å². The van der Waals surface area contributed by atoms with Crippen LogP contribution >= 0.6 is 0 Å². The Labute approximate surface area is 403 Å². The van der Waals surface area contributed by atoms with Crippen LogP contribution in [-0.2, 0) is 4.79 Å². The van der Waals surface area contributed by atoms with E-state index in [-0.39, 0.29) is 12.5 Å². The van der Waals surface area contributed by atoms with E-state index in [1.165, 1.54) is 295 Å². The normalized spacial score (nSPS) is 12.8. The summed E-state index contributed by atoms with van der Waals surface area (Å²) in [7, 11) is 0. The number of hydrogen-bond donors (Lipinski definition) is 3. The maximum absolute atomic E-state index is 12.5. The third-order valence-corrected chi connectivity index (χ3v) is 14.3. The average Bonchev–Trinajstić information content (AvgIpc) is 3.30. The smallest absolute Gasteiger partial charge is 0.220 e. The highest BCUT2D eigenvalue weighted by molar-refractivity contribution is 5.76. The lowest BCUT2D eigenvalue weighted by Gasteiger charge is -2.22. The third kappa shape index (κ3) is 52.1. The molecule has 0 heterocycles. The van der Waals surface area contributed by atoms with Crippen molar-refractivity contribution in [3.8, 4) is 0 Å². The first kappa shape index (κ1) is 63.1. The summed E-state index contributed by atoms with van der Waals surface area (Å²) in [6.07, 6.45) is 73.6. The van der Waals surface area contributed by atoms with Gasteiger partial charge in [-0.25, -0.2) is 0 Å². The van der Waals surface area contributed by atoms with Crippen molar-refractivity contribution in [3.63, 3.8) is 0 Å². The molecule has 0 radical (unpaired) electrons. The number of hydrogen-bond acceptors (Lipinski definition) is 3. The number of carbonyl (C=O) groups is 1. The predicted octanol–water partition coefficient (Wildman–Crippen LogP) is 19.7. The number of rotatable bonds is 56. The lowest BCUT2D eigenvalue weighted by molar-refractivity contribution is -0.123. The van der Waals surface area contributed by atoms with E-state index in [2.05, 4.69) is 31.3 Å². The van der Waals surface area contributed by atoms with E-state index >= 15 is 0 Å². The Morgan fingerprint density at radius 1 is 0.359 bits per heavy atom. The van der Waals surface area contributed by atoms with Crippen molar-refractivity contribution in [1.82, 2.24) is 5.32 Å². The van der Waals surface area contributed by atoms with E-state index < -0.39 is 12.1 Å². The maximum Gasteiger partial charge on any atom is 0.220 e. The summed E-state index contributed by atoms with van der Waals surface area (Å²) in [6.45, 7) is 4.40. The topological polar surface area (TPSA) is 69.6 Å². The van der Waals surface area contributed by atoms with Crippen molar-refractivity contribution in [2.24, 2.45) is 0 Å². The molecule has 2 unspecified atom stereocenters. The van der Waals surface area contributed by atoms with E-state index in [1.54, 1.807) is 0 Å². The van der Waals surface area contributed by atoms with E-state index in [9.17, 15) is 15.0 Å². The first-order valence-corrected chi connectivity index (χ1v) is 29.9. The number of aliphatic hydroxyl groups excluding tert-OH is 2. The summed E-state index contributed by atoms with van der Waals surface area (Å²) in [6, 6.07) is -0.536. The Morgan fingerprint density at radius 2 is 0.594 bits per heavy atom. The van der Waals surface area contributed by atoms with Crippen LogP contribution in [0.4, 0.5) is 0 Å². The number of aliphatic hydroxyl groups is 2. The van der Waals surface area contributed by atoms with Gasteiger partial charge in [0.1, 0.15) is 0 Å². The third-order valence-electron chi connectivity index (χ3n) is 14.3. The van der Waals surface area contributed by atoms with Gasteiger partial charge in [0.15, 0.2) is 0 Å². The minimum atomic E-state index is -0.659. The number of carbonyl (C=O) groups excluding carboxylic acids is 1. The van der Waals surface area contributed by atoms with Crippen LogP contribution in [0.5, 0.6) is 0 Å². The van der Waals surface area contributed by atoms with Crippen LogP contribution in [0.25, 0.3) is 0 Å². The minimum Gasteiger partial charge on any atom is -0.394 e. The summed E-state index contributed by atoms with van der Waals surface area (Å²) < 4.78 is 0. The fraction of sp³-hybridized carbons (Fsp3) is 0.950. The zero-order valence-electron chi connectivity index (χ0n) is 44.1. The van der Waals surface area contributed by atoms with Crippen LogP contribution in [0.1, 0.15) is 348 Å². The lowest BCUT2D eigenvalue weighted by Crippen LogP contribution is -2.45. The molecule has 0 bridgehead atoms. The molecule has 0 fully saturated rings. The fourth-order valence-electron chi connectivity index (χ4n) is 9.71. The molecule has 0 spiro atoms. The summed E-state index contributed by atoms with van der Waals surface area (Å²) >= 11 is 0. The molecule has 0 aromatic heterocycles. The van der Waals surface area contributed by atoms with Crippen LogP contribution in [0, 0.1) is 0 Å². The van der Waals surface area contributed by atoms with Gasteiger partial charge in [-0.1, -0.05) is 315 Å². The molecule has 0 aromatic rings. The average molecular weight is 903 g/mol. The molecule has 0 aliphatic rings. The van der Waals surface area contributed by atoms with Gasteiger partial charge in [-0.05, 0) is 38.5 Å². The van der Waals surface area contributed by atoms with Gasteiger partial charge in [-0.15, -0.1) is 0 Å². The second kappa shape index (κ2) is 56.5. The molecular formula is C60H119NO3. The zero-order chi connectivity index (χ0) is 46.3. The molecule has 382 valence electrons. The summed E-state index contributed by atoms with van der Waals surface area (Å²) in [5, 5.41) is 23.4. The maximum atomic E-state index is 12.5.